The number of hydrogen-bond donors (Lipinski definition) is 1. The first kappa shape index (κ1) is 31.5. The molecule has 0 heterocycles. The van der Waals surface area contributed by atoms with Gasteiger partial charge in [-0.2, -0.15) is 4.18 Å². The molecule has 0 aromatic heterocycles. The van der Waals surface area contributed by atoms with Gasteiger partial charge in [0.25, 0.3) is 0 Å². The summed E-state index contributed by atoms with van der Waals surface area (Å²) in [6, 6.07) is 10.9. The summed E-state index contributed by atoms with van der Waals surface area (Å²) in [4.78, 5) is 0. The van der Waals surface area contributed by atoms with Gasteiger partial charge in [-0.25, -0.2) is 0 Å². The average molecular weight is 494 g/mol. The molecule has 0 radical (unpaired) electrons. The average Bonchev–Trinajstić information content (AvgIpc) is 2.85. The highest BCUT2D eigenvalue weighted by molar-refractivity contribution is 7.92. The van der Waals surface area contributed by atoms with Gasteiger partial charge in [-0.05, 0) is 44.6 Å². The van der Waals surface area contributed by atoms with Crippen molar-refractivity contribution in [2.45, 2.75) is 142 Å². The molecular weight excluding hydrogens is 436 g/mol. The Morgan fingerprint density at radius 1 is 0.676 bits per heavy atom. The predicted molar refractivity (Wildman–Crippen MR) is 154 cm³/mol. The summed E-state index contributed by atoms with van der Waals surface area (Å²) in [6.07, 6.45) is 25.5. The molecule has 2 nitrogen and oxygen atoms in total. The highest BCUT2D eigenvalue weighted by Crippen LogP contribution is 2.17. The first-order valence-electron chi connectivity index (χ1n) is 14.8. The molecule has 0 fully saturated rings. The fourth-order valence-electron chi connectivity index (χ4n) is 4.57. The van der Waals surface area contributed by atoms with Crippen molar-refractivity contribution in [1.29, 1.82) is 0 Å². The minimum Gasteiger partial charge on any atom is -0.396 e. The molecule has 198 valence electrons. The smallest absolute Gasteiger partial charge is 0.147 e. The van der Waals surface area contributed by atoms with Crippen LogP contribution >= 0.6 is 0 Å². The predicted octanol–water partition coefficient (Wildman–Crippen LogP) is 9.20. The lowest BCUT2D eigenvalue weighted by Crippen LogP contribution is -2.22. The van der Waals surface area contributed by atoms with E-state index in [1.807, 2.05) is 0 Å². The van der Waals surface area contributed by atoms with Gasteiger partial charge < -0.3 is 5.11 Å². The SMILES string of the molecule is CCCCCCCCC(C)O[S+](CCCO)CCCCCCCCCCCCc1ccccc1. The lowest BCUT2D eigenvalue weighted by atomic mass is 10.0. The molecule has 1 N–H and O–H groups in total. The molecule has 0 aliphatic carbocycles. The van der Waals surface area contributed by atoms with Gasteiger partial charge in [0.1, 0.15) is 28.8 Å². The van der Waals surface area contributed by atoms with Crippen molar-refractivity contribution in [3.63, 3.8) is 0 Å². The van der Waals surface area contributed by atoms with Gasteiger partial charge >= 0.3 is 0 Å². The van der Waals surface area contributed by atoms with E-state index >= 15 is 0 Å². The van der Waals surface area contributed by atoms with Crippen LogP contribution in [-0.2, 0) is 21.8 Å². The highest BCUT2D eigenvalue weighted by atomic mass is 32.2. The van der Waals surface area contributed by atoms with Gasteiger partial charge in [-0.15, -0.1) is 0 Å². The molecular formula is C31H57O2S+. The number of rotatable bonds is 25. The molecule has 0 bridgehead atoms. The molecule has 1 aromatic carbocycles. The van der Waals surface area contributed by atoms with Crippen LogP contribution in [0.15, 0.2) is 30.3 Å². The topological polar surface area (TPSA) is 29.5 Å². The Hall–Kier alpha value is -0.510. The van der Waals surface area contributed by atoms with Gasteiger partial charge in [0.2, 0.25) is 0 Å². The summed E-state index contributed by atoms with van der Waals surface area (Å²) in [7, 11) is 0. The van der Waals surface area contributed by atoms with E-state index in [4.69, 9.17) is 4.18 Å². The second-order valence-corrected chi connectivity index (χ2v) is 12.0. The zero-order chi connectivity index (χ0) is 24.5. The second-order valence-electron chi connectivity index (χ2n) is 10.2. The number of aliphatic hydroxyl groups is 1. The molecule has 2 unspecified atom stereocenters. The molecule has 3 heteroatoms. The number of hydrogen-bond acceptors (Lipinski definition) is 2. The first-order chi connectivity index (χ1) is 16.8. The maximum Gasteiger partial charge on any atom is 0.147 e. The molecule has 0 spiro atoms. The molecule has 1 aromatic rings. The zero-order valence-electron chi connectivity index (χ0n) is 22.8. The molecule has 0 amide bonds. The van der Waals surface area contributed by atoms with E-state index in [1.54, 1.807) is 0 Å². The van der Waals surface area contributed by atoms with E-state index < -0.39 is 0 Å². The van der Waals surface area contributed by atoms with Gasteiger partial charge in [0, 0.05) is 13.0 Å². The standard InChI is InChI=1S/C31H57O2S/c1-3-4-5-6-13-17-23-30(2)33-34(29-22-27-32)28-21-15-12-10-8-7-9-11-14-18-24-31-25-19-16-20-26-31/h16,19-20,25-26,30,32H,3-15,17-18,21-24,27-29H2,1-2H3/q+1. The minimum absolute atomic E-state index is 0.0477. The molecule has 1 rings (SSSR count). The lowest BCUT2D eigenvalue weighted by Gasteiger charge is -2.13. The Balaban J connectivity index is 1.96. The third-order valence-electron chi connectivity index (χ3n) is 6.72. The fourth-order valence-corrected chi connectivity index (χ4v) is 6.50. The summed E-state index contributed by atoms with van der Waals surface area (Å²) >= 11 is 0.0477. The lowest BCUT2D eigenvalue weighted by molar-refractivity contribution is 0.234. The Morgan fingerprint density at radius 3 is 1.82 bits per heavy atom. The normalized spacial score (nSPS) is 13.3. The third-order valence-corrected chi connectivity index (χ3v) is 8.81. The van der Waals surface area contributed by atoms with E-state index in [1.165, 1.54) is 127 Å². The number of benzene rings is 1. The van der Waals surface area contributed by atoms with Crippen LogP contribution in [0.3, 0.4) is 0 Å². The summed E-state index contributed by atoms with van der Waals surface area (Å²) in [5.74, 6) is 2.24. The summed E-state index contributed by atoms with van der Waals surface area (Å²) < 4.78 is 6.42. The molecule has 2 atom stereocenters. The van der Waals surface area contributed by atoms with Crippen LogP contribution in [0.4, 0.5) is 0 Å². The number of unbranched alkanes of at least 4 members (excludes halogenated alkanes) is 14. The van der Waals surface area contributed by atoms with Crippen LogP contribution in [0, 0.1) is 0 Å². The van der Waals surface area contributed by atoms with E-state index in [2.05, 4.69) is 44.2 Å². The Morgan fingerprint density at radius 2 is 1.21 bits per heavy atom. The van der Waals surface area contributed by atoms with Crippen molar-refractivity contribution in [3.05, 3.63) is 35.9 Å². The minimum atomic E-state index is 0.0477. The molecule has 0 saturated carbocycles. The van der Waals surface area contributed by atoms with Crippen LogP contribution in [0.25, 0.3) is 0 Å². The molecule has 0 saturated heterocycles. The summed E-state index contributed by atoms with van der Waals surface area (Å²) in [6.45, 7) is 4.83. The van der Waals surface area contributed by atoms with Crippen molar-refractivity contribution in [2.24, 2.45) is 0 Å². The van der Waals surface area contributed by atoms with Gasteiger partial charge in [0.05, 0.1) is 0 Å². The Kier molecular flexibility index (Phi) is 22.4. The van der Waals surface area contributed by atoms with Gasteiger partial charge in [-0.1, -0.05) is 121 Å². The van der Waals surface area contributed by atoms with Crippen molar-refractivity contribution in [3.8, 4) is 0 Å². The van der Waals surface area contributed by atoms with Crippen LogP contribution in [0.2, 0.25) is 0 Å². The zero-order valence-corrected chi connectivity index (χ0v) is 23.6. The quantitative estimate of drug-likeness (QED) is 0.109. The third kappa shape index (κ3) is 19.8. The molecule has 34 heavy (non-hydrogen) atoms. The summed E-state index contributed by atoms with van der Waals surface area (Å²) in [5.41, 5.74) is 1.49. The molecule has 0 aliphatic heterocycles. The summed E-state index contributed by atoms with van der Waals surface area (Å²) in [5, 5.41) is 9.25. The highest BCUT2D eigenvalue weighted by Gasteiger charge is 2.23. The number of aliphatic hydroxyl groups excluding tert-OH is 1. The fraction of sp³-hybridized carbons (Fsp3) is 0.806. The van der Waals surface area contributed by atoms with E-state index in [0.717, 1.165) is 12.2 Å². The van der Waals surface area contributed by atoms with Crippen molar-refractivity contribution < 1.29 is 9.29 Å². The van der Waals surface area contributed by atoms with Crippen LogP contribution in [0.1, 0.15) is 135 Å². The van der Waals surface area contributed by atoms with Crippen LogP contribution in [-0.4, -0.2) is 29.3 Å². The Labute approximate surface area is 216 Å². The van der Waals surface area contributed by atoms with Crippen molar-refractivity contribution in [2.75, 3.05) is 18.1 Å². The maximum atomic E-state index is 9.25. The van der Waals surface area contributed by atoms with Gasteiger partial charge in [0.15, 0.2) is 0 Å². The van der Waals surface area contributed by atoms with Crippen molar-refractivity contribution >= 4 is 11.2 Å². The van der Waals surface area contributed by atoms with E-state index in [0.29, 0.717) is 12.7 Å². The van der Waals surface area contributed by atoms with Crippen LogP contribution < -0.4 is 0 Å². The maximum absolute atomic E-state index is 9.25. The largest absolute Gasteiger partial charge is 0.396 e. The Bertz CT molecular complexity index is 521. The monoisotopic (exact) mass is 493 g/mol. The second kappa shape index (κ2) is 24.2. The van der Waals surface area contributed by atoms with Crippen molar-refractivity contribution in [1.82, 2.24) is 0 Å². The van der Waals surface area contributed by atoms with E-state index in [-0.39, 0.29) is 11.2 Å². The number of aryl methyl sites for hydroxylation is 1. The van der Waals surface area contributed by atoms with E-state index in [9.17, 15) is 5.11 Å². The first-order valence-corrected chi connectivity index (χ1v) is 16.2. The molecule has 0 aliphatic rings. The van der Waals surface area contributed by atoms with Crippen LogP contribution in [0.5, 0.6) is 0 Å². The van der Waals surface area contributed by atoms with Gasteiger partial charge in [-0.3, -0.25) is 0 Å².